The normalized spacial score (nSPS) is 3.57. The average Bonchev–Trinajstić information content (AvgIpc) is 0.811. The molecule has 0 aliphatic heterocycles. The van der Waals surface area contributed by atoms with E-state index < -0.39 is 5.97 Å². The van der Waals surface area contributed by atoms with Crippen molar-refractivity contribution in [1.29, 1.82) is 0 Å². The van der Waals surface area contributed by atoms with Crippen LogP contribution in [-0.2, 0) is 4.79 Å². The van der Waals surface area contributed by atoms with Crippen molar-refractivity contribution >= 4 is 47.9 Å². The summed E-state index contributed by atoms with van der Waals surface area (Å²) in [5.74, 6) is -1.08. The van der Waals surface area contributed by atoms with Gasteiger partial charge in [0.1, 0.15) is 0 Å². The number of rotatable bonds is 0. The van der Waals surface area contributed by atoms with Gasteiger partial charge in [0.15, 0.2) is 0 Å². The summed E-state index contributed by atoms with van der Waals surface area (Å²) in [5.41, 5.74) is 0. The average molecular weight is 137 g/mol. The molecule has 0 aromatic heterocycles. The van der Waals surface area contributed by atoms with Crippen LogP contribution in [0.3, 0.4) is 0 Å². The zero-order valence-electron chi connectivity index (χ0n) is 3.18. The van der Waals surface area contributed by atoms with E-state index in [1.165, 1.54) is 0 Å². The van der Waals surface area contributed by atoms with Gasteiger partial charge in [-0.15, -0.1) is 12.4 Å². The van der Waals surface area contributed by atoms with Crippen molar-refractivity contribution in [1.82, 2.24) is 6.15 Å². The van der Waals surface area contributed by atoms with Gasteiger partial charge < -0.3 is 11.3 Å². The number of carboxylic acid groups (broad SMARTS) is 1. The molecule has 1 radical (unpaired) electrons. The Bertz CT molecular complexity index is 38.7. The molecule has 0 atom stereocenters. The van der Waals surface area contributed by atoms with E-state index in [4.69, 9.17) is 9.90 Å². The van der Waals surface area contributed by atoms with Gasteiger partial charge in [0.05, 0.1) is 6.92 Å². The molecule has 5 heteroatoms. The third-order valence-corrected chi connectivity index (χ3v) is 0. The minimum atomic E-state index is -1.08. The zero-order valence-corrected chi connectivity index (χ0v) is 3.99. The molecule has 0 fully saturated rings. The van der Waals surface area contributed by atoms with Crippen LogP contribution in [0.5, 0.6) is 0 Å². The molecule has 0 rings (SSSR count). The molecule has 0 unspecified atom stereocenters. The van der Waals surface area contributed by atoms with Crippen molar-refractivity contribution < 1.29 is 9.90 Å². The quantitative estimate of drug-likeness (QED) is 0.455. The Morgan fingerprint density at radius 1 is 1.57 bits per heavy atom. The molecule has 0 saturated carbocycles. The summed E-state index contributed by atoms with van der Waals surface area (Å²) in [6, 6.07) is 0. The van der Waals surface area contributed by atoms with Crippen molar-refractivity contribution in [2.45, 2.75) is 0 Å². The first-order chi connectivity index (χ1) is 1.73. The first-order valence-corrected chi connectivity index (χ1v) is 0.781. The minimum absolute atomic E-state index is 0. The summed E-state index contributed by atoms with van der Waals surface area (Å²) in [6.07, 6.45) is 0. The molecule has 7 heavy (non-hydrogen) atoms. The number of carbonyl (C=O) groups is 1. The summed E-state index contributed by atoms with van der Waals surface area (Å²) in [5, 5.41) is 7.31. The molecule has 0 aliphatic rings. The van der Waals surface area contributed by atoms with Crippen LogP contribution in [0.2, 0.25) is 0 Å². The second-order valence-corrected chi connectivity index (χ2v) is 0.394. The van der Waals surface area contributed by atoms with E-state index in [-0.39, 0.29) is 48.1 Å². The summed E-state index contributed by atoms with van der Waals surface area (Å²) in [6.45, 7) is 2.56. The fraction of sp³-hybridized carbons (Fsp3) is 0. The van der Waals surface area contributed by atoms with E-state index in [0.717, 1.165) is 0 Å². The first kappa shape index (κ1) is 25.2. The molecular formula is C2H8ClNNaO2. The summed E-state index contributed by atoms with van der Waals surface area (Å²) >= 11 is 0. The summed E-state index contributed by atoms with van der Waals surface area (Å²) in [7, 11) is 0. The topological polar surface area (TPSA) is 72.3 Å². The van der Waals surface area contributed by atoms with Crippen molar-refractivity contribution in [3.63, 3.8) is 0 Å². The SMILES string of the molecule is Cl.N.[CH2]C(=O)O.[NaH]. The van der Waals surface area contributed by atoms with E-state index in [0.29, 0.717) is 0 Å². The van der Waals surface area contributed by atoms with Crippen molar-refractivity contribution in [2.24, 2.45) is 0 Å². The molecule has 0 saturated heterocycles. The number of halogens is 1. The molecular weight excluding hydrogens is 128 g/mol. The third-order valence-electron chi connectivity index (χ3n) is 0. The van der Waals surface area contributed by atoms with Gasteiger partial charge in [0.2, 0.25) is 0 Å². The van der Waals surface area contributed by atoms with Gasteiger partial charge >= 0.3 is 35.5 Å². The van der Waals surface area contributed by atoms with Gasteiger partial charge in [-0.25, -0.2) is 0 Å². The second kappa shape index (κ2) is 15.9. The van der Waals surface area contributed by atoms with Crippen LogP contribution in [-0.4, -0.2) is 40.6 Å². The molecule has 0 spiro atoms. The molecule has 0 heterocycles. The van der Waals surface area contributed by atoms with E-state index in [2.05, 4.69) is 6.92 Å². The predicted molar refractivity (Wildman–Crippen MR) is 32.4 cm³/mol. The van der Waals surface area contributed by atoms with Gasteiger partial charge in [-0.3, -0.25) is 4.79 Å². The fourth-order valence-corrected chi connectivity index (χ4v) is 0. The zero-order chi connectivity index (χ0) is 3.58. The number of carboxylic acids is 1. The molecule has 0 aliphatic carbocycles. The standard InChI is InChI=1S/C2H3O2.ClH.H3N.Na.H/c1-2(3)4;;;;/h1H2,(H,3,4);1H;1H3;;. The molecule has 0 amide bonds. The van der Waals surface area contributed by atoms with Gasteiger partial charge in [-0.05, 0) is 0 Å². The summed E-state index contributed by atoms with van der Waals surface area (Å²) < 4.78 is 0. The molecule has 4 N–H and O–H groups in total. The van der Waals surface area contributed by atoms with Gasteiger partial charge in [0, 0.05) is 0 Å². The van der Waals surface area contributed by atoms with Gasteiger partial charge in [-0.2, -0.15) is 0 Å². The second-order valence-electron chi connectivity index (χ2n) is 0.394. The Hall–Kier alpha value is 0.720. The Balaban J connectivity index is -0.0000000150. The molecule has 0 bridgehead atoms. The van der Waals surface area contributed by atoms with E-state index in [1.54, 1.807) is 0 Å². The van der Waals surface area contributed by atoms with Crippen LogP contribution in [0.15, 0.2) is 0 Å². The Labute approximate surface area is 70.8 Å². The monoisotopic (exact) mass is 136 g/mol. The van der Waals surface area contributed by atoms with Crippen LogP contribution in [0.25, 0.3) is 0 Å². The number of aliphatic carboxylic acids is 1. The Morgan fingerprint density at radius 3 is 1.57 bits per heavy atom. The number of hydrogen-bond donors (Lipinski definition) is 2. The molecule has 3 nitrogen and oxygen atoms in total. The predicted octanol–water partition coefficient (Wildman–Crippen LogP) is -0.160. The Morgan fingerprint density at radius 2 is 1.57 bits per heavy atom. The molecule has 0 aromatic carbocycles. The van der Waals surface area contributed by atoms with Gasteiger partial charge in [-0.1, -0.05) is 0 Å². The van der Waals surface area contributed by atoms with Crippen LogP contribution in [0.1, 0.15) is 0 Å². The van der Waals surface area contributed by atoms with Crippen LogP contribution in [0, 0.1) is 6.92 Å². The van der Waals surface area contributed by atoms with Crippen molar-refractivity contribution in [3.8, 4) is 0 Å². The van der Waals surface area contributed by atoms with Crippen LogP contribution in [0.4, 0.5) is 0 Å². The van der Waals surface area contributed by atoms with Crippen molar-refractivity contribution in [3.05, 3.63) is 6.92 Å². The Kier molecular flexibility index (Phi) is 57.2. The van der Waals surface area contributed by atoms with E-state index >= 15 is 0 Å². The third kappa shape index (κ3) is 289. The number of hydrogen-bond acceptors (Lipinski definition) is 2. The molecule has 0 aromatic rings. The molecule has 41 valence electrons. The van der Waals surface area contributed by atoms with E-state index in [9.17, 15) is 0 Å². The fourth-order valence-electron chi connectivity index (χ4n) is 0. The van der Waals surface area contributed by atoms with Crippen LogP contribution < -0.4 is 6.15 Å². The van der Waals surface area contributed by atoms with Crippen LogP contribution >= 0.6 is 12.4 Å². The van der Waals surface area contributed by atoms with E-state index in [1.807, 2.05) is 0 Å². The first-order valence-electron chi connectivity index (χ1n) is 0.781. The maximum atomic E-state index is 8.89. The van der Waals surface area contributed by atoms with Gasteiger partial charge in [0.25, 0.3) is 0 Å². The van der Waals surface area contributed by atoms with Crippen molar-refractivity contribution in [2.75, 3.05) is 0 Å². The maximum absolute atomic E-state index is 8.89. The summed E-state index contributed by atoms with van der Waals surface area (Å²) in [4.78, 5) is 8.89.